The highest BCUT2D eigenvalue weighted by Crippen LogP contribution is 2.07. The fraction of sp³-hybridized carbons (Fsp3) is 0.778. The zero-order chi connectivity index (χ0) is 10.4. The maximum absolute atomic E-state index is 11.2. The molecule has 0 unspecified atom stereocenters. The number of nitrogens with one attached hydrogen (secondary N) is 3. The molecule has 0 spiro atoms. The molecule has 1 saturated heterocycles. The molecule has 3 N–H and O–H groups in total. The van der Waals surface area contributed by atoms with E-state index in [4.69, 9.17) is 0 Å². The van der Waals surface area contributed by atoms with Crippen LogP contribution in [0.1, 0.15) is 12.8 Å². The molecule has 14 heavy (non-hydrogen) atoms. The summed E-state index contributed by atoms with van der Waals surface area (Å²) in [6.45, 7) is 2.30. The van der Waals surface area contributed by atoms with Gasteiger partial charge in [0.05, 0.1) is 0 Å². The third-order valence-corrected chi connectivity index (χ3v) is 2.29. The first kappa shape index (κ1) is 11.0. The van der Waals surface area contributed by atoms with E-state index in [0.29, 0.717) is 25.3 Å². The first-order valence-corrected chi connectivity index (χ1v) is 4.90. The van der Waals surface area contributed by atoms with Crippen LogP contribution in [0.15, 0.2) is 0 Å². The van der Waals surface area contributed by atoms with E-state index in [1.54, 1.807) is 7.05 Å². The molecule has 0 aliphatic carbocycles. The van der Waals surface area contributed by atoms with Crippen molar-refractivity contribution in [3.05, 3.63) is 0 Å². The summed E-state index contributed by atoms with van der Waals surface area (Å²) in [4.78, 5) is 22.1. The highest BCUT2D eigenvalue weighted by atomic mass is 16.2. The van der Waals surface area contributed by atoms with E-state index in [1.807, 2.05) is 0 Å². The lowest BCUT2D eigenvalue weighted by Crippen LogP contribution is -2.44. The summed E-state index contributed by atoms with van der Waals surface area (Å²) in [5.74, 6) is 0.478. The van der Waals surface area contributed by atoms with Gasteiger partial charge in [-0.3, -0.25) is 9.59 Å². The van der Waals surface area contributed by atoms with E-state index in [1.165, 1.54) is 0 Å². The Kier molecular flexibility index (Phi) is 4.39. The fourth-order valence-corrected chi connectivity index (χ4v) is 1.27. The molecule has 5 heteroatoms. The molecule has 0 saturated carbocycles. The molecule has 1 heterocycles. The molecule has 1 fully saturated rings. The van der Waals surface area contributed by atoms with Crippen LogP contribution in [0.2, 0.25) is 0 Å². The zero-order valence-electron chi connectivity index (χ0n) is 8.43. The summed E-state index contributed by atoms with van der Waals surface area (Å²) in [7, 11) is 1.59. The lowest BCUT2D eigenvalue weighted by atomic mass is 9.99. The molecular formula is C9H17N3O2. The van der Waals surface area contributed by atoms with E-state index < -0.39 is 0 Å². The Morgan fingerprint density at radius 3 is 2.57 bits per heavy atom. The summed E-state index contributed by atoms with van der Waals surface area (Å²) in [5.41, 5.74) is 0. The lowest BCUT2D eigenvalue weighted by Gasteiger charge is -2.26. The SMILES string of the molecule is CNC(=O)CCNC(=O)CC1CNC1. The van der Waals surface area contributed by atoms with Crippen molar-refractivity contribution in [1.82, 2.24) is 16.0 Å². The Balaban J connectivity index is 1.99. The predicted molar refractivity (Wildman–Crippen MR) is 52.7 cm³/mol. The van der Waals surface area contributed by atoms with Crippen LogP contribution in [0.3, 0.4) is 0 Å². The lowest BCUT2D eigenvalue weighted by molar-refractivity contribution is -0.123. The van der Waals surface area contributed by atoms with E-state index in [0.717, 1.165) is 13.1 Å². The van der Waals surface area contributed by atoms with Crippen LogP contribution in [0, 0.1) is 5.92 Å². The largest absolute Gasteiger partial charge is 0.359 e. The van der Waals surface area contributed by atoms with Gasteiger partial charge in [-0.1, -0.05) is 0 Å². The van der Waals surface area contributed by atoms with Gasteiger partial charge in [0.25, 0.3) is 0 Å². The third-order valence-electron chi connectivity index (χ3n) is 2.29. The van der Waals surface area contributed by atoms with Crippen molar-refractivity contribution in [1.29, 1.82) is 0 Å². The van der Waals surface area contributed by atoms with Crippen molar-refractivity contribution < 1.29 is 9.59 Å². The minimum atomic E-state index is -0.0457. The number of amides is 2. The van der Waals surface area contributed by atoms with E-state index in [2.05, 4.69) is 16.0 Å². The fourth-order valence-electron chi connectivity index (χ4n) is 1.27. The number of carbonyl (C=O) groups excluding carboxylic acids is 2. The van der Waals surface area contributed by atoms with Crippen LogP contribution in [-0.4, -0.2) is 38.5 Å². The average Bonchev–Trinajstić information content (AvgIpc) is 2.11. The van der Waals surface area contributed by atoms with Gasteiger partial charge >= 0.3 is 0 Å². The minimum absolute atomic E-state index is 0.0420. The van der Waals surface area contributed by atoms with Gasteiger partial charge < -0.3 is 16.0 Å². The molecule has 0 bridgehead atoms. The quantitative estimate of drug-likeness (QED) is 0.523. The first-order chi connectivity index (χ1) is 6.72. The summed E-state index contributed by atoms with van der Waals surface area (Å²) in [5, 5.41) is 8.33. The average molecular weight is 199 g/mol. The van der Waals surface area contributed by atoms with Crippen molar-refractivity contribution in [2.24, 2.45) is 5.92 Å². The minimum Gasteiger partial charge on any atom is -0.359 e. The molecule has 0 aromatic rings. The number of hydrogen-bond acceptors (Lipinski definition) is 3. The standard InChI is InChI=1S/C9H17N3O2/c1-10-8(13)2-3-12-9(14)4-7-5-11-6-7/h7,11H,2-6H2,1H3,(H,10,13)(H,12,14). The molecule has 1 aliphatic heterocycles. The van der Waals surface area contributed by atoms with Crippen LogP contribution in [0.4, 0.5) is 0 Å². The molecule has 0 aromatic carbocycles. The van der Waals surface area contributed by atoms with Crippen LogP contribution in [0.5, 0.6) is 0 Å². The second-order valence-electron chi connectivity index (χ2n) is 3.50. The van der Waals surface area contributed by atoms with Crippen LogP contribution < -0.4 is 16.0 Å². The molecule has 0 radical (unpaired) electrons. The smallest absolute Gasteiger partial charge is 0.221 e. The summed E-state index contributed by atoms with van der Waals surface area (Å²) >= 11 is 0. The molecule has 1 rings (SSSR count). The second-order valence-corrected chi connectivity index (χ2v) is 3.50. The van der Waals surface area contributed by atoms with E-state index in [-0.39, 0.29) is 11.8 Å². The number of carbonyl (C=O) groups is 2. The molecule has 2 amide bonds. The van der Waals surface area contributed by atoms with E-state index >= 15 is 0 Å². The van der Waals surface area contributed by atoms with Gasteiger partial charge in [0, 0.05) is 26.4 Å². The highest BCUT2D eigenvalue weighted by molar-refractivity contribution is 5.78. The zero-order valence-corrected chi connectivity index (χ0v) is 8.43. The molecule has 1 aliphatic rings. The van der Waals surface area contributed by atoms with Gasteiger partial charge in [-0.2, -0.15) is 0 Å². The Hall–Kier alpha value is -1.10. The van der Waals surface area contributed by atoms with Crippen molar-refractivity contribution >= 4 is 11.8 Å². The van der Waals surface area contributed by atoms with Gasteiger partial charge in [-0.05, 0) is 19.0 Å². The molecule has 0 atom stereocenters. The Labute approximate surface area is 83.6 Å². The number of rotatable bonds is 5. The van der Waals surface area contributed by atoms with Crippen molar-refractivity contribution in [2.75, 3.05) is 26.7 Å². The van der Waals surface area contributed by atoms with Crippen LogP contribution >= 0.6 is 0 Å². The van der Waals surface area contributed by atoms with Gasteiger partial charge in [-0.25, -0.2) is 0 Å². The molecule has 80 valence electrons. The van der Waals surface area contributed by atoms with Gasteiger partial charge in [-0.15, -0.1) is 0 Å². The normalized spacial score (nSPS) is 15.8. The van der Waals surface area contributed by atoms with Crippen molar-refractivity contribution in [3.8, 4) is 0 Å². The maximum Gasteiger partial charge on any atom is 0.221 e. The number of hydrogen-bond donors (Lipinski definition) is 3. The summed E-state index contributed by atoms with van der Waals surface area (Å²) in [6.07, 6.45) is 0.923. The Bertz CT molecular complexity index is 214. The highest BCUT2D eigenvalue weighted by Gasteiger charge is 2.19. The van der Waals surface area contributed by atoms with Gasteiger partial charge in [0.1, 0.15) is 0 Å². The predicted octanol–water partition coefficient (Wildman–Crippen LogP) is -1.15. The molecular weight excluding hydrogens is 182 g/mol. The molecule has 5 nitrogen and oxygen atoms in total. The topological polar surface area (TPSA) is 70.2 Å². The monoisotopic (exact) mass is 199 g/mol. The van der Waals surface area contributed by atoms with Gasteiger partial charge in [0.2, 0.25) is 11.8 Å². The molecule has 0 aromatic heterocycles. The first-order valence-electron chi connectivity index (χ1n) is 4.90. The van der Waals surface area contributed by atoms with E-state index in [9.17, 15) is 9.59 Å². The van der Waals surface area contributed by atoms with Crippen LogP contribution in [-0.2, 0) is 9.59 Å². The second kappa shape index (κ2) is 5.59. The van der Waals surface area contributed by atoms with Crippen molar-refractivity contribution in [3.63, 3.8) is 0 Å². The van der Waals surface area contributed by atoms with Gasteiger partial charge in [0.15, 0.2) is 0 Å². The third kappa shape index (κ3) is 3.74. The van der Waals surface area contributed by atoms with Crippen molar-refractivity contribution in [2.45, 2.75) is 12.8 Å². The Morgan fingerprint density at radius 1 is 1.36 bits per heavy atom. The summed E-state index contributed by atoms with van der Waals surface area (Å²) < 4.78 is 0. The summed E-state index contributed by atoms with van der Waals surface area (Å²) in [6, 6.07) is 0. The van der Waals surface area contributed by atoms with Crippen LogP contribution in [0.25, 0.3) is 0 Å². The maximum atomic E-state index is 11.2. The Morgan fingerprint density at radius 2 is 2.07 bits per heavy atom.